The average molecular weight is 188 g/mol. The van der Waals surface area contributed by atoms with Gasteiger partial charge in [-0.05, 0) is 17.4 Å². The molecule has 0 aliphatic heterocycles. The first-order valence-electron chi connectivity index (χ1n) is 5.69. The van der Waals surface area contributed by atoms with Crippen LogP contribution in [-0.2, 0) is 0 Å². The summed E-state index contributed by atoms with van der Waals surface area (Å²) in [5.74, 6) is 1.28. The highest BCUT2D eigenvalue weighted by Gasteiger charge is 2.08. The Labute approximate surface area is 89.0 Å². The number of benzene rings is 1. The summed E-state index contributed by atoms with van der Waals surface area (Å²) in [7, 11) is 1.14. The van der Waals surface area contributed by atoms with Gasteiger partial charge in [0.15, 0.2) is 7.28 Å². The predicted molar refractivity (Wildman–Crippen MR) is 67.3 cm³/mol. The van der Waals surface area contributed by atoms with E-state index >= 15 is 0 Å². The van der Waals surface area contributed by atoms with Crippen molar-refractivity contribution in [1.82, 2.24) is 0 Å². The third-order valence-corrected chi connectivity index (χ3v) is 2.84. The van der Waals surface area contributed by atoms with Crippen LogP contribution in [0.4, 0.5) is 0 Å². The van der Waals surface area contributed by atoms with Crippen LogP contribution in [0.25, 0.3) is 0 Å². The highest BCUT2D eigenvalue weighted by molar-refractivity contribution is 6.52. The van der Waals surface area contributed by atoms with Gasteiger partial charge < -0.3 is 0 Å². The van der Waals surface area contributed by atoms with Gasteiger partial charge in [-0.25, -0.2) is 0 Å². The van der Waals surface area contributed by atoms with Crippen LogP contribution >= 0.6 is 0 Å². The lowest BCUT2D eigenvalue weighted by molar-refractivity contribution is 0.838. The first-order valence-corrected chi connectivity index (χ1v) is 5.69. The summed E-state index contributed by atoms with van der Waals surface area (Å²) in [5.41, 5.74) is 4.49. The molecule has 0 fully saturated rings. The minimum absolute atomic E-state index is 0.637. The van der Waals surface area contributed by atoms with Crippen LogP contribution in [0, 0.1) is 0 Å². The SMILES string of the molecule is CBc1ccc(C(C)C)cc1C(C)C. The fourth-order valence-electron chi connectivity index (χ4n) is 1.83. The fraction of sp³-hybridized carbons (Fsp3) is 0.538. The number of hydrogen-bond acceptors (Lipinski definition) is 0. The van der Waals surface area contributed by atoms with Crippen molar-refractivity contribution in [2.24, 2.45) is 0 Å². The molecule has 0 aliphatic rings. The summed E-state index contributed by atoms with van der Waals surface area (Å²) in [6.07, 6.45) is 0. The summed E-state index contributed by atoms with van der Waals surface area (Å²) in [4.78, 5) is 0. The maximum Gasteiger partial charge on any atom is 0.154 e. The summed E-state index contributed by atoms with van der Waals surface area (Å²) in [6, 6.07) is 6.95. The van der Waals surface area contributed by atoms with Crippen LogP contribution < -0.4 is 5.46 Å². The van der Waals surface area contributed by atoms with Crippen LogP contribution in [0.1, 0.15) is 50.7 Å². The van der Waals surface area contributed by atoms with Crippen molar-refractivity contribution in [3.63, 3.8) is 0 Å². The van der Waals surface area contributed by atoms with Gasteiger partial charge in [-0.15, -0.1) is 0 Å². The second-order valence-corrected chi connectivity index (χ2v) is 4.62. The molecule has 0 aromatic heterocycles. The van der Waals surface area contributed by atoms with Crippen molar-refractivity contribution in [1.29, 1.82) is 0 Å². The normalized spacial score (nSPS) is 11.1. The molecule has 1 aromatic carbocycles. The molecule has 0 amide bonds. The Balaban J connectivity index is 3.14. The Morgan fingerprint density at radius 3 is 2.07 bits per heavy atom. The van der Waals surface area contributed by atoms with E-state index in [0.29, 0.717) is 11.8 Å². The highest BCUT2D eigenvalue weighted by Crippen LogP contribution is 2.19. The summed E-state index contributed by atoms with van der Waals surface area (Å²) in [6.45, 7) is 11.3. The molecular formula is C13H21B. The minimum atomic E-state index is 0.637. The Bertz CT molecular complexity index is 300. The topological polar surface area (TPSA) is 0 Å². The van der Waals surface area contributed by atoms with Gasteiger partial charge in [0.05, 0.1) is 0 Å². The molecule has 0 heterocycles. The van der Waals surface area contributed by atoms with Gasteiger partial charge in [0.25, 0.3) is 0 Å². The lowest BCUT2D eigenvalue weighted by Gasteiger charge is -2.15. The third-order valence-electron chi connectivity index (χ3n) is 2.84. The van der Waals surface area contributed by atoms with Gasteiger partial charge in [0.2, 0.25) is 0 Å². The van der Waals surface area contributed by atoms with Gasteiger partial charge in [-0.2, -0.15) is 0 Å². The molecule has 0 atom stereocenters. The van der Waals surface area contributed by atoms with E-state index in [-0.39, 0.29) is 0 Å². The fourth-order valence-corrected chi connectivity index (χ4v) is 1.83. The maximum atomic E-state index is 2.38. The molecule has 1 heteroatoms. The van der Waals surface area contributed by atoms with Crippen LogP contribution in [0.15, 0.2) is 18.2 Å². The molecule has 0 bridgehead atoms. The van der Waals surface area contributed by atoms with Crippen molar-refractivity contribution in [2.45, 2.75) is 46.4 Å². The van der Waals surface area contributed by atoms with Gasteiger partial charge in [0.1, 0.15) is 0 Å². The van der Waals surface area contributed by atoms with Crippen LogP contribution in [0.5, 0.6) is 0 Å². The Kier molecular flexibility index (Phi) is 3.80. The Hall–Kier alpha value is -0.715. The standard InChI is InChI=1S/C13H21B/c1-9(2)11-6-7-13(14-5)12(8-11)10(3)4/h6-10,14H,1-5H3. The van der Waals surface area contributed by atoms with E-state index in [1.165, 1.54) is 16.6 Å². The zero-order valence-corrected chi connectivity index (χ0v) is 10.1. The van der Waals surface area contributed by atoms with Crippen LogP contribution in [0.2, 0.25) is 6.82 Å². The van der Waals surface area contributed by atoms with E-state index in [1.807, 2.05) is 0 Å². The predicted octanol–water partition coefficient (Wildman–Crippen LogP) is 3.04. The van der Waals surface area contributed by atoms with Crippen molar-refractivity contribution in [2.75, 3.05) is 0 Å². The monoisotopic (exact) mass is 188 g/mol. The minimum Gasteiger partial charge on any atom is -0.0849 e. The molecule has 14 heavy (non-hydrogen) atoms. The zero-order valence-electron chi connectivity index (χ0n) is 10.1. The molecule has 0 spiro atoms. The van der Waals surface area contributed by atoms with E-state index in [0.717, 1.165) is 7.28 Å². The molecule has 1 aromatic rings. The number of rotatable bonds is 3. The first kappa shape index (κ1) is 11.4. The average Bonchev–Trinajstić information content (AvgIpc) is 2.16. The quantitative estimate of drug-likeness (QED) is 0.639. The van der Waals surface area contributed by atoms with E-state index < -0.39 is 0 Å². The first-order chi connectivity index (χ1) is 6.56. The molecule has 76 valence electrons. The van der Waals surface area contributed by atoms with Crippen LogP contribution in [0.3, 0.4) is 0 Å². The van der Waals surface area contributed by atoms with E-state index in [4.69, 9.17) is 0 Å². The smallest absolute Gasteiger partial charge is 0.0849 e. The maximum absolute atomic E-state index is 2.38. The lowest BCUT2D eigenvalue weighted by Crippen LogP contribution is -2.18. The summed E-state index contributed by atoms with van der Waals surface area (Å²) in [5, 5.41) is 0. The Morgan fingerprint density at radius 2 is 1.64 bits per heavy atom. The largest absolute Gasteiger partial charge is 0.154 e. The second-order valence-electron chi connectivity index (χ2n) is 4.62. The van der Waals surface area contributed by atoms with Gasteiger partial charge >= 0.3 is 0 Å². The molecular weight excluding hydrogens is 167 g/mol. The van der Waals surface area contributed by atoms with Crippen molar-refractivity contribution < 1.29 is 0 Å². The van der Waals surface area contributed by atoms with Gasteiger partial charge in [-0.3, -0.25) is 0 Å². The van der Waals surface area contributed by atoms with E-state index in [2.05, 4.69) is 52.7 Å². The molecule has 0 N–H and O–H groups in total. The molecule has 0 unspecified atom stereocenters. The zero-order chi connectivity index (χ0) is 10.7. The molecule has 0 aliphatic carbocycles. The lowest BCUT2D eigenvalue weighted by atomic mass is 9.68. The van der Waals surface area contributed by atoms with E-state index in [9.17, 15) is 0 Å². The van der Waals surface area contributed by atoms with E-state index in [1.54, 1.807) is 0 Å². The van der Waals surface area contributed by atoms with Crippen molar-refractivity contribution in [3.05, 3.63) is 29.3 Å². The summed E-state index contributed by atoms with van der Waals surface area (Å²) >= 11 is 0. The molecule has 1 rings (SSSR count). The van der Waals surface area contributed by atoms with Gasteiger partial charge in [0, 0.05) is 0 Å². The summed E-state index contributed by atoms with van der Waals surface area (Å²) < 4.78 is 0. The third kappa shape index (κ3) is 2.40. The number of hydrogen-bond donors (Lipinski definition) is 0. The highest BCUT2D eigenvalue weighted by atomic mass is 14.1. The van der Waals surface area contributed by atoms with Crippen molar-refractivity contribution >= 4 is 12.7 Å². The van der Waals surface area contributed by atoms with Crippen LogP contribution in [-0.4, -0.2) is 7.28 Å². The molecule has 0 saturated carbocycles. The molecule has 0 saturated heterocycles. The molecule has 0 radical (unpaired) electrons. The Morgan fingerprint density at radius 1 is 1.00 bits per heavy atom. The van der Waals surface area contributed by atoms with Crippen molar-refractivity contribution in [3.8, 4) is 0 Å². The second kappa shape index (κ2) is 4.68. The van der Waals surface area contributed by atoms with Gasteiger partial charge in [-0.1, -0.05) is 63.7 Å². The molecule has 0 nitrogen and oxygen atoms in total.